The maximum atomic E-state index is 6.29. The molecule has 12 heavy (non-hydrogen) atoms. The third-order valence-electron chi connectivity index (χ3n) is 1.05. The summed E-state index contributed by atoms with van der Waals surface area (Å²) in [6.07, 6.45) is 1.01. The third kappa shape index (κ3) is 33.5. The monoisotopic (exact) mass is 193 g/mol. The molecule has 0 fully saturated rings. The van der Waals surface area contributed by atoms with Gasteiger partial charge in [0.25, 0.3) is 0 Å². The topological polar surface area (TPSA) is 39.5 Å². The molecule has 0 aromatic rings. The van der Waals surface area contributed by atoms with Gasteiger partial charge in [0.15, 0.2) is 0 Å². The highest BCUT2D eigenvalue weighted by atomic mass is 35.5. The van der Waals surface area contributed by atoms with E-state index < -0.39 is 0 Å². The number of nitrogens with zero attached hydrogens (tertiary/aromatic N) is 2. The average molecular weight is 194 g/mol. The number of aliphatic imine (C=N–C) groups is 1. The van der Waals surface area contributed by atoms with Gasteiger partial charge in [0.1, 0.15) is 0 Å². The highest BCUT2D eigenvalue weighted by Crippen LogP contribution is 1.71. The van der Waals surface area contributed by atoms with E-state index in [2.05, 4.69) is 30.9 Å². The van der Waals surface area contributed by atoms with Crippen LogP contribution in [0.5, 0.6) is 0 Å². The molecule has 0 aromatic heterocycles. The lowest BCUT2D eigenvalue weighted by molar-refractivity contribution is 0.434. The number of hydrogen-bond donors (Lipinski definition) is 1. The Bertz CT molecular complexity index is 109. The molecule has 3 nitrogen and oxygen atoms in total. The van der Waals surface area contributed by atoms with Crippen LogP contribution in [0.2, 0.25) is 0 Å². The van der Waals surface area contributed by atoms with Crippen molar-refractivity contribution in [2.75, 3.05) is 27.2 Å². The van der Waals surface area contributed by atoms with Crippen LogP contribution in [-0.4, -0.2) is 38.1 Å². The van der Waals surface area contributed by atoms with Crippen molar-refractivity contribution in [3.05, 3.63) is 0 Å². The molecule has 4 heteroatoms. The summed E-state index contributed by atoms with van der Waals surface area (Å²) in [6.45, 7) is 6.02. The fraction of sp³-hybridized carbons (Fsp3) is 0.875. The van der Waals surface area contributed by atoms with Crippen LogP contribution in [0.3, 0.4) is 0 Å². The fourth-order valence-corrected chi connectivity index (χ4v) is 0.168. The molecule has 74 valence electrons. The molecule has 0 aliphatic carbocycles. The number of halogens is 1. The number of rotatable bonds is 3. The van der Waals surface area contributed by atoms with E-state index in [9.17, 15) is 0 Å². The van der Waals surface area contributed by atoms with Crippen LogP contribution in [0.1, 0.15) is 20.3 Å². The molecule has 0 rings (SSSR count). The quantitative estimate of drug-likeness (QED) is 0.686. The molecular formula is C8H20ClN3. The van der Waals surface area contributed by atoms with Crippen molar-refractivity contribution in [1.82, 2.24) is 4.90 Å². The van der Waals surface area contributed by atoms with Crippen LogP contribution in [0.15, 0.2) is 4.99 Å². The molecule has 0 spiro atoms. The van der Waals surface area contributed by atoms with E-state index in [4.69, 9.17) is 5.41 Å². The van der Waals surface area contributed by atoms with Gasteiger partial charge in [-0.15, -0.1) is 12.4 Å². The van der Waals surface area contributed by atoms with Crippen LogP contribution in [-0.2, 0) is 0 Å². The maximum absolute atomic E-state index is 6.29. The van der Waals surface area contributed by atoms with Crippen molar-refractivity contribution >= 4 is 18.4 Å². The summed E-state index contributed by atoms with van der Waals surface area (Å²) in [7, 11) is 4.11. The van der Waals surface area contributed by atoms with Gasteiger partial charge in [0, 0.05) is 6.54 Å². The Morgan fingerprint density at radius 3 is 1.83 bits per heavy atom. The molecule has 0 unspecified atom stereocenters. The van der Waals surface area contributed by atoms with Crippen LogP contribution >= 0.6 is 12.4 Å². The first-order valence-electron chi connectivity index (χ1n) is 3.91. The maximum Gasteiger partial charge on any atom is 0.0861 e. The average Bonchev–Trinajstić information content (AvgIpc) is 2.02. The summed E-state index contributed by atoms with van der Waals surface area (Å²) in [5.74, 6) is 0. The summed E-state index contributed by atoms with van der Waals surface area (Å²) in [5.41, 5.74) is 0. The Kier molecular flexibility index (Phi) is 24.9. The number of hydrogen-bond acceptors (Lipinski definition) is 3. The smallest absolute Gasteiger partial charge is 0.0861 e. The molecule has 0 aromatic carbocycles. The molecule has 1 N–H and O–H groups in total. The highest BCUT2D eigenvalue weighted by Gasteiger charge is 1.72. The van der Waals surface area contributed by atoms with Gasteiger partial charge in [0.2, 0.25) is 0 Å². The third-order valence-corrected chi connectivity index (χ3v) is 1.05. The minimum absolute atomic E-state index is 0. The van der Waals surface area contributed by atoms with E-state index in [0.717, 1.165) is 19.5 Å². The zero-order valence-corrected chi connectivity index (χ0v) is 9.24. The second kappa shape index (κ2) is 16.9. The van der Waals surface area contributed by atoms with Crippen LogP contribution in [0, 0.1) is 5.41 Å². The Hall–Kier alpha value is -0.370. The van der Waals surface area contributed by atoms with Crippen molar-refractivity contribution in [3.63, 3.8) is 0 Å². The van der Waals surface area contributed by atoms with Crippen LogP contribution in [0.4, 0.5) is 0 Å². The highest BCUT2D eigenvalue weighted by molar-refractivity contribution is 5.85. The summed E-state index contributed by atoms with van der Waals surface area (Å²) < 4.78 is 0. The van der Waals surface area contributed by atoms with E-state index in [-0.39, 0.29) is 12.4 Å². The lowest BCUT2D eigenvalue weighted by Crippen LogP contribution is -2.08. The van der Waals surface area contributed by atoms with E-state index in [0.29, 0.717) is 0 Å². The Labute approximate surface area is 81.8 Å². The van der Waals surface area contributed by atoms with Crippen molar-refractivity contribution in [3.8, 4) is 0 Å². The Morgan fingerprint density at radius 1 is 1.33 bits per heavy atom. The Balaban J connectivity index is -0.000000126. The summed E-state index contributed by atoms with van der Waals surface area (Å²) in [5, 5.41) is 6.29. The number of nitrogens with one attached hydrogen (secondary N) is 1. The lowest BCUT2D eigenvalue weighted by Gasteiger charge is -2.00. The van der Waals surface area contributed by atoms with Gasteiger partial charge in [-0.2, -0.15) is 0 Å². The minimum atomic E-state index is 0. The Morgan fingerprint density at radius 2 is 1.75 bits per heavy atom. The van der Waals surface area contributed by atoms with E-state index in [1.54, 1.807) is 0 Å². The van der Waals surface area contributed by atoms with E-state index in [1.165, 1.54) is 0 Å². The molecule has 0 radical (unpaired) electrons. The molecule has 0 aliphatic heterocycles. The van der Waals surface area contributed by atoms with Gasteiger partial charge in [-0.3, -0.25) is 0 Å². The molecule has 0 bridgehead atoms. The van der Waals surface area contributed by atoms with Gasteiger partial charge in [0.05, 0.1) is 6.01 Å². The first-order chi connectivity index (χ1) is 5.18. The molecule has 0 saturated carbocycles. The van der Waals surface area contributed by atoms with Gasteiger partial charge in [-0.25, -0.2) is 10.4 Å². The van der Waals surface area contributed by atoms with Gasteiger partial charge < -0.3 is 4.90 Å². The van der Waals surface area contributed by atoms with Crippen molar-refractivity contribution in [2.45, 2.75) is 20.3 Å². The van der Waals surface area contributed by atoms with E-state index >= 15 is 0 Å². The molecule has 0 atom stereocenters. The summed E-state index contributed by atoms with van der Waals surface area (Å²) in [6, 6.07) is 1.94. The van der Waals surface area contributed by atoms with Crippen molar-refractivity contribution in [1.29, 1.82) is 5.41 Å². The molecular weight excluding hydrogens is 174 g/mol. The predicted octanol–water partition coefficient (Wildman–Crippen LogP) is 2.14. The first-order valence-corrected chi connectivity index (χ1v) is 3.91. The zero-order chi connectivity index (χ0) is 9.11. The second-order valence-electron chi connectivity index (χ2n) is 2.39. The predicted molar refractivity (Wildman–Crippen MR) is 56.8 cm³/mol. The zero-order valence-electron chi connectivity index (χ0n) is 8.42. The lowest BCUT2D eigenvalue weighted by atomic mass is 10.5. The summed E-state index contributed by atoms with van der Waals surface area (Å²) >= 11 is 0. The minimum Gasteiger partial charge on any atom is -0.310 e. The molecule has 0 saturated heterocycles. The fourth-order valence-electron chi connectivity index (χ4n) is 0.168. The molecule has 0 amide bonds. The van der Waals surface area contributed by atoms with Gasteiger partial charge >= 0.3 is 0 Å². The standard InChI is InChI=1S/C4H8N2.C4H11N.ClH/c1-2-3-6-4-5;1-4-5(2)3;/h5H,2-3H2,1H3;4H2,1-3H3;1H. The van der Waals surface area contributed by atoms with Crippen molar-refractivity contribution < 1.29 is 0 Å². The van der Waals surface area contributed by atoms with Crippen molar-refractivity contribution in [2.24, 2.45) is 4.99 Å². The molecule has 0 aliphatic rings. The van der Waals surface area contributed by atoms with Gasteiger partial charge in [-0.1, -0.05) is 13.8 Å². The SMILES string of the molecule is CCCN=C=N.CCN(C)C.Cl. The van der Waals surface area contributed by atoms with Crippen LogP contribution < -0.4 is 0 Å². The van der Waals surface area contributed by atoms with Gasteiger partial charge in [-0.05, 0) is 27.1 Å². The molecule has 0 heterocycles. The summed E-state index contributed by atoms with van der Waals surface area (Å²) in [4.78, 5) is 5.63. The van der Waals surface area contributed by atoms with E-state index in [1.807, 2.05) is 12.9 Å². The largest absolute Gasteiger partial charge is 0.310 e. The van der Waals surface area contributed by atoms with Crippen LogP contribution in [0.25, 0.3) is 0 Å². The second-order valence-corrected chi connectivity index (χ2v) is 2.39. The normalized spacial score (nSPS) is 7.42. The first kappa shape index (κ1) is 17.6.